The molecule has 0 atom stereocenters. The van der Waals surface area contributed by atoms with Crippen molar-refractivity contribution in [2.75, 3.05) is 4.90 Å². The third-order valence-corrected chi connectivity index (χ3v) is 4.93. The molecule has 4 rings (SSSR count). The largest absolute Gasteiger partial charge is 0.313 e. The molecule has 0 unspecified atom stereocenters. The summed E-state index contributed by atoms with van der Waals surface area (Å²) in [6.45, 7) is 0.646. The summed E-state index contributed by atoms with van der Waals surface area (Å²) in [5, 5.41) is 10.1. The van der Waals surface area contributed by atoms with Crippen molar-refractivity contribution in [2.24, 2.45) is 0 Å². The first-order valence-corrected chi connectivity index (χ1v) is 8.67. The minimum Gasteiger partial charge on any atom is -0.313 e. The average Bonchev–Trinajstić information content (AvgIpc) is 3.11. The van der Waals surface area contributed by atoms with Gasteiger partial charge in [-0.2, -0.15) is 5.26 Å². The zero-order valence-corrected chi connectivity index (χ0v) is 14.1. The quantitative estimate of drug-likeness (QED) is 0.529. The number of benzene rings is 2. The van der Waals surface area contributed by atoms with Gasteiger partial charge in [0.25, 0.3) is 0 Å². The zero-order chi connectivity index (χ0) is 17.1. The lowest BCUT2D eigenvalue weighted by Gasteiger charge is -2.22. The Hall–Kier alpha value is -3.23. The van der Waals surface area contributed by atoms with Gasteiger partial charge in [-0.25, -0.2) is 4.98 Å². The van der Waals surface area contributed by atoms with E-state index in [9.17, 15) is 0 Å². The summed E-state index contributed by atoms with van der Waals surface area (Å²) in [5.74, 6) is 0. The average molecular weight is 342 g/mol. The summed E-state index contributed by atoms with van der Waals surface area (Å²) >= 11 is 1.64. The maximum Gasteiger partial charge on any atom is 0.191 e. The van der Waals surface area contributed by atoms with E-state index in [4.69, 9.17) is 10.2 Å². The van der Waals surface area contributed by atoms with Gasteiger partial charge in [0.05, 0.1) is 29.1 Å². The van der Waals surface area contributed by atoms with Gasteiger partial charge >= 0.3 is 0 Å². The van der Waals surface area contributed by atoms with Crippen LogP contribution in [0.25, 0.3) is 10.2 Å². The van der Waals surface area contributed by atoms with Crippen molar-refractivity contribution < 1.29 is 0 Å². The number of hydrogen-bond donors (Lipinski definition) is 0. The Morgan fingerprint density at radius 3 is 2.72 bits per heavy atom. The van der Waals surface area contributed by atoms with Crippen LogP contribution in [0, 0.1) is 11.3 Å². The maximum absolute atomic E-state index is 9.14. The normalized spacial score (nSPS) is 10.5. The van der Waals surface area contributed by atoms with Crippen LogP contribution in [0.4, 0.5) is 10.8 Å². The van der Waals surface area contributed by atoms with Crippen LogP contribution in [0.3, 0.4) is 0 Å². The molecule has 120 valence electrons. The second kappa shape index (κ2) is 6.71. The Morgan fingerprint density at radius 1 is 1.04 bits per heavy atom. The number of rotatable bonds is 4. The molecule has 0 aliphatic heterocycles. The van der Waals surface area contributed by atoms with E-state index >= 15 is 0 Å². The van der Waals surface area contributed by atoms with Crippen molar-refractivity contribution in [2.45, 2.75) is 6.54 Å². The van der Waals surface area contributed by atoms with Crippen LogP contribution >= 0.6 is 11.3 Å². The van der Waals surface area contributed by atoms with Crippen molar-refractivity contribution in [3.8, 4) is 6.07 Å². The fourth-order valence-electron chi connectivity index (χ4n) is 2.68. The predicted molar refractivity (Wildman–Crippen MR) is 101 cm³/mol. The molecule has 0 N–H and O–H groups in total. The molecular weight excluding hydrogens is 328 g/mol. The van der Waals surface area contributed by atoms with Crippen LogP contribution in [-0.4, -0.2) is 9.97 Å². The molecule has 0 aliphatic rings. The molecule has 25 heavy (non-hydrogen) atoms. The highest BCUT2D eigenvalue weighted by atomic mass is 32.1. The molecule has 0 aliphatic carbocycles. The number of anilines is 2. The highest BCUT2D eigenvalue weighted by Gasteiger charge is 2.15. The molecule has 2 heterocycles. The van der Waals surface area contributed by atoms with Crippen LogP contribution in [0.5, 0.6) is 0 Å². The van der Waals surface area contributed by atoms with Gasteiger partial charge in [-0.1, -0.05) is 41.7 Å². The summed E-state index contributed by atoms with van der Waals surface area (Å²) in [7, 11) is 0. The number of nitriles is 1. The maximum atomic E-state index is 9.14. The molecule has 4 nitrogen and oxygen atoms in total. The van der Waals surface area contributed by atoms with E-state index in [-0.39, 0.29) is 0 Å². The van der Waals surface area contributed by atoms with Crippen LogP contribution < -0.4 is 4.90 Å². The minimum atomic E-state index is 0.646. The second-order valence-corrected chi connectivity index (χ2v) is 6.58. The van der Waals surface area contributed by atoms with Crippen LogP contribution in [0.15, 0.2) is 73.1 Å². The summed E-state index contributed by atoms with van der Waals surface area (Å²) in [4.78, 5) is 11.1. The molecule has 0 saturated carbocycles. The van der Waals surface area contributed by atoms with Gasteiger partial charge in [0.15, 0.2) is 5.13 Å². The molecule has 0 amide bonds. The lowest BCUT2D eigenvalue weighted by molar-refractivity contribution is 0.967. The third kappa shape index (κ3) is 3.21. The molecule has 0 bridgehead atoms. The zero-order valence-electron chi connectivity index (χ0n) is 13.3. The second-order valence-electron chi connectivity index (χ2n) is 5.57. The highest BCUT2D eigenvalue weighted by molar-refractivity contribution is 7.22. The Morgan fingerprint density at radius 2 is 1.92 bits per heavy atom. The first kappa shape index (κ1) is 15.3. The standard InChI is InChI=1S/C20H14N4S/c21-12-15-5-4-6-16(11-15)14-24(17-7-2-1-3-8-17)20-23-18-13-22-10-9-19(18)25-20/h1-11,13H,14H2. The van der Waals surface area contributed by atoms with Gasteiger partial charge < -0.3 is 4.90 Å². The van der Waals surface area contributed by atoms with Gasteiger partial charge in [-0.05, 0) is 35.9 Å². The molecule has 4 aromatic rings. The lowest BCUT2D eigenvalue weighted by atomic mass is 10.1. The van der Waals surface area contributed by atoms with Gasteiger partial charge in [-0.15, -0.1) is 0 Å². The number of aromatic nitrogens is 2. The fourth-order valence-corrected chi connectivity index (χ4v) is 3.64. The number of thiazole rings is 1. The summed E-state index contributed by atoms with van der Waals surface area (Å²) in [5.41, 5.74) is 3.70. The van der Waals surface area contributed by atoms with Crippen molar-refractivity contribution >= 4 is 32.4 Å². The summed E-state index contributed by atoms with van der Waals surface area (Å²) in [6, 6.07) is 22.0. The molecule has 2 aromatic heterocycles. The Kier molecular flexibility index (Phi) is 4.11. The van der Waals surface area contributed by atoms with Crippen molar-refractivity contribution in [1.82, 2.24) is 9.97 Å². The van der Waals surface area contributed by atoms with Gasteiger partial charge in [0.2, 0.25) is 0 Å². The molecule has 5 heteroatoms. The minimum absolute atomic E-state index is 0.646. The van der Waals surface area contributed by atoms with Crippen molar-refractivity contribution in [3.05, 3.63) is 84.2 Å². The van der Waals surface area contributed by atoms with E-state index in [0.717, 1.165) is 26.6 Å². The molecule has 0 saturated heterocycles. The predicted octanol–water partition coefficient (Wildman–Crippen LogP) is 4.90. The molecular formula is C20H14N4S. The molecule has 0 fully saturated rings. The van der Waals surface area contributed by atoms with E-state index in [2.05, 4.69) is 28.1 Å². The third-order valence-electron chi connectivity index (χ3n) is 3.87. The van der Waals surface area contributed by atoms with Crippen molar-refractivity contribution in [1.29, 1.82) is 5.26 Å². The van der Waals surface area contributed by atoms with Gasteiger partial charge in [-0.3, -0.25) is 4.98 Å². The first-order chi connectivity index (χ1) is 12.3. The fraction of sp³-hybridized carbons (Fsp3) is 0.0500. The lowest BCUT2D eigenvalue weighted by Crippen LogP contribution is -2.16. The summed E-state index contributed by atoms with van der Waals surface area (Å²) in [6.07, 6.45) is 3.57. The van der Waals surface area contributed by atoms with Gasteiger partial charge in [0, 0.05) is 11.9 Å². The van der Waals surface area contributed by atoms with Crippen LogP contribution in [-0.2, 0) is 6.54 Å². The summed E-state index contributed by atoms with van der Waals surface area (Å²) < 4.78 is 1.11. The van der Waals surface area contributed by atoms with Crippen LogP contribution in [0.1, 0.15) is 11.1 Å². The van der Waals surface area contributed by atoms with Crippen LogP contribution in [0.2, 0.25) is 0 Å². The smallest absolute Gasteiger partial charge is 0.191 e. The highest BCUT2D eigenvalue weighted by Crippen LogP contribution is 2.34. The SMILES string of the molecule is N#Cc1cccc(CN(c2ccccc2)c2nc3cnccc3s2)c1. The molecule has 0 radical (unpaired) electrons. The number of para-hydroxylation sites is 1. The van der Waals surface area contributed by atoms with E-state index in [0.29, 0.717) is 12.1 Å². The number of pyridine rings is 1. The van der Waals surface area contributed by atoms with E-state index in [1.807, 2.05) is 48.5 Å². The molecule has 0 spiro atoms. The number of hydrogen-bond acceptors (Lipinski definition) is 5. The van der Waals surface area contributed by atoms with E-state index < -0.39 is 0 Å². The topological polar surface area (TPSA) is 52.8 Å². The Balaban J connectivity index is 1.77. The monoisotopic (exact) mass is 342 g/mol. The first-order valence-electron chi connectivity index (χ1n) is 7.86. The number of fused-ring (bicyclic) bond motifs is 1. The van der Waals surface area contributed by atoms with E-state index in [1.165, 1.54) is 0 Å². The Bertz CT molecular complexity index is 1020. The molecule has 2 aromatic carbocycles. The Labute approximate surface area is 149 Å². The van der Waals surface area contributed by atoms with Crippen molar-refractivity contribution in [3.63, 3.8) is 0 Å². The van der Waals surface area contributed by atoms with E-state index in [1.54, 1.807) is 23.7 Å². The van der Waals surface area contributed by atoms with Gasteiger partial charge in [0.1, 0.15) is 5.52 Å². The number of nitrogens with zero attached hydrogens (tertiary/aromatic N) is 4.